The summed E-state index contributed by atoms with van der Waals surface area (Å²) < 4.78 is 7.78. The van der Waals surface area contributed by atoms with Crippen molar-refractivity contribution < 1.29 is 4.74 Å². The molecule has 1 saturated heterocycles. The molecule has 70 valence electrons. The quantitative estimate of drug-likeness (QED) is 0.611. The second-order valence-corrected chi connectivity index (χ2v) is 4.08. The highest BCUT2D eigenvalue weighted by atomic mass is 16.6. The lowest BCUT2D eigenvalue weighted by Gasteiger charge is -2.16. The van der Waals surface area contributed by atoms with Crippen LogP contribution in [0.15, 0.2) is 12.3 Å². The predicted molar refractivity (Wildman–Crippen MR) is 48.2 cm³/mol. The van der Waals surface area contributed by atoms with Gasteiger partial charge < -0.3 is 4.74 Å². The van der Waals surface area contributed by atoms with Gasteiger partial charge in [0.25, 0.3) is 0 Å². The minimum Gasteiger partial charge on any atom is -0.359 e. The fourth-order valence-electron chi connectivity index (χ4n) is 2.59. The molecule has 1 aromatic heterocycles. The first-order valence-electron chi connectivity index (χ1n) is 4.99. The van der Waals surface area contributed by atoms with E-state index in [1.807, 2.05) is 17.9 Å². The standard InChI is InChI=1S/C10H14N2O/c1-12-8(5-7-11-12)10-6-3-2-4-9(10)13-10/h5,7,9H,2-4,6H2,1H3/t9-,10+/m1/s1. The van der Waals surface area contributed by atoms with Crippen molar-refractivity contribution in [1.29, 1.82) is 0 Å². The number of hydrogen-bond acceptors (Lipinski definition) is 2. The van der Waals surface area contributed by atoms with Gasteiger partial charge in [-0.25, -0.2) is 0 Å². The number of epoxide rings is 1. The average Bonchev–Trinajstić information content (AvgIpc) is 2.74. The van der Waals surface area contributed by atoms with Crippen LogP contribution in [-0.2, 0) is 17.4 Å². The summed E-state index contributed by atoms with van der Waals surface area (Å²) in [7, 11) is 2.00. The van der Waals surface area contributed by atoms with Crippen molar-refractivity contribution in [3.63, 3.8) is 0 Å². The third-order valence-corrected chi connectivity index (χ3v) is 3.33. The molecule has 0 aromatic carbocycles. The summed E-state index contributed by atoms with van der Waals surface area (Å²) in [5.74, 6) is 0. The average molecular weight is 178 g/mol. The molecule has 1 aromatic rings. The van der Waals surface area contributed by atoms with Gasteiger partial charge in [-0.2, -0.15) is 5.10 Å². The minimum atomic E-state index is 0.0590. The van der Waals surface area contributed by atoms with Gasteiger partial charge in [-0.1, -0.05) is 6.42 Å². The van der Waals surface area contributed by atoms with Crippen molar-refractivity contribution >= 4 is 0 Å². The van der Waals surface area contributed by atoms with Crippen molar-refractivity contribution in [3.05, 3.63) is 18.0 Å². The molecule has 2 fully saturated rings. The normalized spacial score (nSPS) is 37.2. The molecule has 0 spiro atoms. The van der Waals surface area contributed by atoms with E-state index in [2.05, 4.69) is 11.2 Å². The number of nitrogens with zero attached hydrogens (tertiary/aromatic N) is 2. The van der Waals surface area contributed by atoms with Crippen LogP contribution in [0, 0.1) is 0 Å². The van der Waals surface area contributed by atoms with Gasteiger partial charge in [0.05, 0.1) is 11.8 Å². The molecule has 0 amide bonds. The zero-order chi connectivity index (χ0) is 8.89. The molecule has 2 atom stereocenters. The zero-order valence-electron chi connectivity index (χ0n) is 7.86. The molecule has 13 heavy (non-hydrogen) atoms. The van der Waals surface area contributed by atoms with Crippen LogP contribution in [-0.4, -0.2) is 15.9 Å². The molecule has 3 nitrogen and oxygen atoms in total. The van der Waals surface area contributed by atoms with E-state index in [0.29, 0.717) is 6.10 Å². The van der Waals surface area contributed by atoms with E-state index in [-0.39, 0.29) is 5.60 Å². The molecule has 2 heterocycles. The Morgan fingerprint density at radius 2 is 2.54 bits per heavy atom. The first-order valence-corrected chi connectivity index (χ1v) is 4.99. The molecule has 1 aliphatic heterocycles. The van der Waals surface area contributed by atoms with E-state index in [1.165, 1.54) is 31.4 Å². The maximum absolute atomic E-state index is 5.83. The Hall–Kier alpha value is -0.830. The van der Waals surface area contributed by atoms with E-state index in [9.17, 15) is 0 Å². The number of aryl methyl sites for hydroxylation is 1. The molecule has 1 saturated carbocycles. The Morgan fingerprint density at radius 1 is 1.62 bits per heavy atom. The van der Waals surface area contributed by atoms with Crippen molar-refractivity contribution in [2.45, 2.75) is 37.4 Å². The summed E-state index contributed by atoms with van der Waals surface area (Å²) in [4.78, 5) is 0. The van der Waals surface area contributed by atoms with Gasteiger partial charge in [-0.05, 0) is 25.3 Å². The van der Waals surface area contributed by atoms with Crippen LogP contribution in [0.4, 0.5) is 0 Å². The predicted octanol–water partition coefficient (Wildman–Crippen LogP) is 1.59. The summed E-state index contributed by atoms with van der Waals surface area (Å²) in [6.45, 7) is 0. The molecular weight excluding hydrogens is 164 g/mol. The Balaban J connectivity index is 1.97. The largest absolute Gasteiger partial charge is 0.359 e. The summed E-state index contributed by atoms with van der Waals surface area (Å²) in [6, 6.07) is 2.09. The highest BCUT2D eigenvalue weighted by molar-refractivity contribution is 5.23. The lowest BCUT2D eigenvalue weighted by atomic mass is 9.87. The first-order chi connectivity index (χ1) is 6.33. The second kappa shape index (κ2) is 2.35. The molecule has 3 rings (SSSR count). The maximum Gasteiger partial charge on any atom is 0.136 e. The van der Waals surface area contributed by atoms with Gasteiger partial charge in [0.1, 0.15) is 5.60 Å². The SMILES string of the molecule is Cn1nccc1[C@@]12CCCC[C@H]1O2. The van der Waals surface area contributed by atoms with E-state index in [1.54, 1.807) is 0 Å². The smallest absolute Gasteiger partial charge is 0.136 e. The van der Waals surface area contributed by atoms with Crippen LogP contribution in [0.25, 0.3) is 0 Å². The van der Waals surface area contributed by atoms with Crippen LogP contribution in [0.3, 0.4) is 0 Å². The molecule has 0 N–H and O–H groups in total. The highest BCUT2D eigenvalue weighted by Gasteiger charge is 2.59. The second-order valence-electron chi connectivity index (χ2n) is 4.08. The third kappa shape index (κ3) is 0.908. The lowest BCUT2D eigenvalue weighted by molar-refractivity contribution is 0.277. The van der Waals surface area contributed by atoms with Gasteiger partial charge in [-0.15, -0.1) is 0 Å². The summed E-state index contributed by atoms with van der Waals surface area (Å²) in [6.07, 6.45) is 7.36. The topological polar surface area (TPSA) is 30.4 Å². The fraction of sp³-hybridized carbons (Fsp3) is 0.700. The van der Waals surface area contributed by atoms with Crippen LogP contribution in [0.2, 0.25) is 0 Å². The minimum absolute atomic E-state index is 0.0590. The fourth-order valence-corrected chi connectivity index (χ4v) is 2.59. The zero-order valence-corrected chi connectivity index (χ0v) is 7.86. The summed E-state index contributed by atoms with van der Waals surface area (Å²) in [5.41, 5.74) is 1.32. The van der Waals surface area contributed by atoms with E-state index in [0.717, 1.165) is 0 Å². The number of rotatable bonds is 1. The van der Waals surface area contributed by atoms with Crippen LogP contribution < -0.4 is 0 Å². The summed E-state index contributed by atoms with van der Waals surface area (Å²) >= 11 is 0. The van der Waals surface area contributed by atoms with Crippen LogP contribution in [0.5, 0.6) is 0 Å². The molecule has 0 bridgehead atoms. The number of hydrogen-bond donors (Lipinski definition) is 0. The molecule has 2 aliphatic rings. The van der Waals surface area contributed by atoms with Gasteiger partial charge in [0, 0.05) is 13.2 Å². The van der Waals surface area contributed by atoms with Gasteiger partial charge in [-0.3, -0.25) is 4.68 Å². The third-order valence-electron chi connectivity index (χ3n) is 3.33. The molecule has 3 heteroatoms. The Morgan fingerprint density at radius 3 is 3.23 bits per heavy atom. The van der Waals surface area contributed by atoms with Gasteiger partial charge in [0.15, 0.2) is 0 Å². The number of aromatic nitrogens is 2. The van der Waals surface area contributed by atoms with Crippen molar-refractivity contribution in [3.8, 4) is 0 Å². The van der Waals surface area contributed by atoms with E-state index in [4.69, 9.17) is 4.74 Å². The van der Waals surface area contributed by atoms with Crippen molar-refractivity contribution in [2.24, 2.45) is 7.05 Å². The van der Waals surface area contributed by atoms with Crippen LogP contribution in [0.1, 0.15) is 31.4 Å². The van der Waals surface area contributed by atoms with E-state index < -0.39 is 0 Å². The lowest BCUT2D eigenvalue weighted by Crippen LogP contribution is -2.20. The molecule has 1 aliphatic carbocycles. The molecule has 0 radical (unpaired) electrons. The number of fused-ring (bicyclic) bond motifs is 1. The Bertz CT molecular complexity index is 333. The van der Waals surface area contributed by atoms with Crippen LogP contribution >= 0.6 is 0 Å². The van der Waals surface area contributed by atoms with Gasteiger partial charge >= 0.3 is 0 Å². The van der Waals surface area contributed by atoms with E-state index >= 15 is 0 Å². The highest BCUT2D eigenvalue weighted by Crippen LogP contribution is 2.54. The summed E-state index contributed by atoms with van der Waals surface area (Å²) in [5, 5.41) is 4.20. The number of ether oxygens (including phenoxy) is 1. The van der Waals surface area contributed by atoms with Gasteiger partial charge in [0.2, 0.25) is 0 Å². The van der Waals surface area contributed by atoms with Crippen molar-refractivity contribution in [1.82, 2.24) is 9.78 Å². The molecule has 0 unspecified atom stereocenters. The van der Waals surface area contributed by atoms with Crippen molar-refractivity contribution in [2.75, 3.05) is 0 Å². The Labute approximate surface area is 77.7 Å². The molecular formula is C10H14N2O. The first kappa shape index (κ1) is 7.56. The monoisotopic (exact) mass is 178 g/mol. The maximum atomic E-state index is 5.83. The Kier molecular flexibility index (Phi) is 1.37.